The number of halogens is 3. The number of carbonyl (C=O) groups excluding carboxylic acids is 1. The van der Waals surface area contributed by atoms with Gasteiger partial charge in [0, 0.05) is 12.3 Å². The van der Waals surface area contributed by atoms with Gasteiger partial charge in [-0.3, -0.25) is 9.59 Å². The van der Waals surface area contributed by atoms with Gasteiger partial charge in [-0.1, -0.05) is 12.1 Å². The summed E-state index contributed by atoms with van der Waals surface area (Å²) in [4.78, 5) is 23.7. The molecule has 0 saturated heterocycles. The second-order valence-electron chi connectivity index (χ2n) is 4.52. The van der Waals surface area contributed by atoms with Crippen LogP contribution in [0.5, 0.6) is 0 Å². The Bertz CT molecular complexity index is 740. The highest BCUT2D eigenvalue weighted by molar-refractivity contribution is 5.94. The highest BCUT2D eigenvalue weighted by Gasteiger charge is 2.34. The van der Waals surface area contributed by atoms with Crippen LogP contribution in [0.4, 0.5) is 18.9 Å². The third-order valence-electron chi connectivity index (χ3n) is 2.98. The third-order valence-corrected chi connectivity index (χ3v) is 2.98. The molecule has 0 bridgehead atoms. The average molecular weight is 311 g/mol. The molecule has 1 N–H and O–H groups in total. The van der Waals surface area contributed by atoms with E-state index in [-0.39, 0.29) is 5.69 Å². The number of alkyl halides is 3. The van der Waals surface area contributed by atoms with E-state index in [1.807, 2.05) is 0 Å². The maximum atomic E-state index is 12.9. The van der Waals surface area contributed by atoms with Crippen molar-refractivity contribution < 1.29 is 18.0 Å². The van der Waals surface area contributed by atoms with Crippen molar-refractivity contribution in [2.75, 3.05) is 5.32 Å². The van der Waals surface area contributed by atoms with Crippen molar-refractivity contribution in [2.45, 2.75) is 19.1 Å². The molecule has 0 radical (unpaired) electrons. The van der Waals surface area contributed by atoms with Crippen LogP contribution < -0.4 is 10.9 Å². The van der Waals surface area contributed by atoms with E-state index in [1.54, 1.807) is 0 Å². The zero-order valence-electron chi connectivity index (χ0n) is 11.5. The molecule has 1 amide bonds. The number of anilines is 1. The summed E-state index contributed by atoms with van der Waals surface area (Å²) in [6.45, 7) is 1.37. The van der Waals surface area contributed by atoms with Gasteiger partial charge in [0.2, 0.25) is 5.91 Å². The number of carbonyl (C=O) groups is 1. The number of hydrogen-bond donors (Lipinski definition) is 1. The van der Waals surface area contributed by atoms with E-state index in [0.717, 1.165) is 16.8 Å². The van der Waals surface area contributed by atoms with Gasteiger partial charge in [0.05, 0.1) is 11.3 Å². The molecule has 0 aliphatic carbocycles. The second kappa shape index (κ2) is 6.00. The summed E-state index contributed by atoms with van der Waals surface area (Å²) < 4.78 is 39.5. The van der Waals surface area contributed by atoms with E-state index >= 15 is 0 Å². The van der Waals surface area contributed by atoms with Crippen LogP contribution in [-0.4, -0.2) is 15.7 Å². The number of nitrogens with one attached hydrogen (secondary N) is 1. The molecule has 0 spiro atoms. The van der Waals surface area contributed by atoms with Crippen molar-refractivity contribution in [2.24, 2.45) is 0 Å². The van der Waals surface area contributed by atoms with Crippen molar-refractivity contribution in [1.82, 2.24) is 9.78 Å². The van der Waals surface area contributed by atoms with Crippen molar-refractivity contribution in [3.8, 4) is 0 Å². The molecular weight excluding hydrogens is 299 g/mol. The van der Waals surface area contributed by atoms with Crippen LogP contribution >= 0.6 is 0 Å². The first-order chi connectivity index (χ1) is 10.3. The molecule has 1 atom stereocenters. The van der Waals surface area contributed by atoms with Gasteiger partial charge in [-0.25, -0.2) is 4.68 Å². The Kier molecular flexibility index (Phi) is 4.30. The Hall–Kier alpha value is -2.64. The van der Waals surface area contributed by atoms with E-state index in [1.165, 1.54) is 37.4 Å². The van der Waals surface area contributed by atoms with E-state index in [9.17, 15) is 22.8 Å². The second-order valence-corrected chi connectivity index (χ2v) is 4.52. The normalized spacial score (nSPS) is 12.7. The van der Waals surface area contributed by atoms with Crippen molar-refractivity contribution >= 4 is 11.6 Å². The number of benzene rings is 1. The SMILES string of the molecule is CC(C(=O)Nc1ccccc1C(F)(F)F)n1ncccc1=O. The molecule has 0 aliphatic heterocycles. The summed E-state index contributed by atoms with van der Waals surface area (Å²) in [5.74, 6) is -0.766. The Morgan fingerprint density at radius 2 is 1.91 bits per heavy atom. The molecule has 0 fully saturated rings. The lowest BCUT2D eigenvalue weighted by molar-refractivity contribution is -0.137. The fraction of sp³-hybridized carbons (Fsp3) is 0.214. The molecule has 1 unspecified atom stereocenters. The van der Waals surface area contributed by atoms with Crippen LogP contribution in [0.1, 0.15) is 18.5 Å². The molecule has 1 heterocycles. The third kappa shape index (κ3) is 3.33. The highest BCUT2D eigenvalue weighted by atomic mass is 19.4. The lowest BCUT2D eigenvalue weighted by Gasteiger charge is -2.16. The average Bonchev–Trinajstić information content (AvgIpc) is 2.46. The summed E-state index contributed by atoms with van der Waals surface area (Å²) in [5, 5.41) is 5.92. The Balaban J connectivity index is 2.27. The van der Waals surface area contributed by atoms with Gasteiger partial charge in [-0.05, 0) is 25.1 Å². The Morgan fingerprint density at radius 3 is 2.55 bits per heavy atom. The van der Waals surface area contributed by atoms with Gasteiger partial charge in [-0.2, -0.15) is 18.3 Å². The lowest BCUT2D eigenvalue weighted by atomic mass is 10.1. The summed E-state index contributed by atoms with van der Waals surface area (Å²) in [7, 11) is 0. The highest BCUT2D eigenvalue weighted by Crippen LogP contribution is 2.34. The van der Waals surface area contributed by atoms with E-state index in [4.69, 9.17) is 0 Å². The van der Waals surface area contributed by atoms with Crippen LogP contribution in [0.2, 0.25) is 0 Å². The number of amides is 1. The van der Waals surface area contributed by atoms with Gasteiger partial charge < -0.3 is 5.32 Å². The maximum absolute atomic E-state index is 12.9. The molecule has 0 saturated carbocycles. The number of nitrogens with zero attached hydrogens (tertiary/aromatic N) is 2. The number of rotatable bonds is 3. The van der Waals surface area contributed by atoms with E-state index in [2.05, 4.69) is 10.4 Å². The first-order valence-corrected chi connectivity index (χ1v) is 6.31. The molecule has 1 aromatic carbocycles. The quantitative estimate of drug-likeness (QED) is 0.947. The Morgan fingerprint density at radius 1 is 1.23 bits per heavy atom. The molecule has 22 heavy (non-hydrogen) atoms. The predicted molar refractivity (Wildman–Crippen MR) is 73.3 cm³/mol. The monoisotopic (exact) mass is 311 g/mol. The first-order valence-electron chi connectivity index (χ1n) is 6.31. The molecule has 116 valence electrons. The molecule has 8 heteroatoms. The van der Waals surface area contributed by atoms with Crippen LogP contribution in [0.25, 0.3) is 0 Å². The zero-order chi connectivity index (χ0) is 16.3. The van der Waals surface area contributed by atoms with Gasteiger partial charge in [0.25, 0.3) is 5.56 Å². The van der Waals surface area contributed by atoms with Crippen LogP contribution in [0.3, 0.4) is 0 Å². The molecule has 2 aromatic rings. The zero-order valence-corrected chi connectivity index (χ0v) is 11.5. The van der Waals surface area contributed by atoms with E-state index < -0.39 is 29.2 Å². The van der Waals surface area contributed by atoms with Gasteiger partial charge >= 0.3 is 6.18 Å². The fourth-order valence-corrected chi connectivity index (χ4v) is 1.85. The number of para-hydroxylation sites is 1. The molecule has 2 rings (SSSR count). The number of hydrogen-bond acceptors (Lipinski definition) is 3. The van der Waals surface area contributed by atoms with Crippen molar-refractivity contribution in [3.63, 3.8) is 0 Å². The lowest BCUT2D eigenvalue weighted by Crippen LogP contribution is -2.33. The van der Waals surface area contributed by atoms with Crippen LogP contribution in [0.15, 0.2) is 47.4 Å². The largest absolute Gasteiger partial charge is 0.418 e. The molecule has 0 aliphatic rings. The number of aromatic nitrogens is 2. The summed E-state index contributed by atoms with van der Waals surface area (Å²) in [6.07, 6.45) is -3.27. The van der Waals surface area contributed by atoms with Crippen molar-refractivity contribution in [1.29, 1.82) is 0 Å². The van der Waals surface area contributed by atoms with Crippen LogP contribution in [-0.2, 0) is 11.0 Å². The summed E-state index contributed by atoms with van der Waals surface area (Å²) >= 11 is 0. The minimum Gasteiger partial charge on any atom is -0.324 e. The van der Waals surface area contributed by atoms with E-state index in [0.29, 0.717) is 0 Å². The minimum absolute atomic E-state index is 0.365. The molecule has 5 nitrogen and oxygen atoms in total. The van der Waals surface area contributed by atoms with Gasteiger partial charge in [0.15, 0.2) is 0 Å². The Labute approximate surface area is 123 Å². The smallest absolute Gasteiger partial charge is 0.324 e. The minimum atomic E-state index is -4.59. The standard InChI is InChI=1S/C14H12F3N3O2/c1-9(20-12(21)7-4-8-18-20)13(22)19-11-6-3-2-5-10(11)14(15,16)17/h2-9H,1H3,(H,19,22). The predicted octanol–water partition coefficient (Wildman–Crippen LogP) is 2.46. The summed E-state index contributed by atoms with van der Waals surface area (Å²) in [5.41, 5.74) is -1.84. The molecule has 1 aromatic heterocycles. The van der Waals surface area contributed by atoms with Gasteiger partial charge in [-0.15, -0.1) is 0 Å². The fourth-order valence-electron chi connectivity index (χ4n) is 1.85. The van der Waals surface area contributed by atoms with Crippen molar-refractivity contribution in [3.05, 3.63) is 58.5 Å². The maximum Gasteiger partial charge on any atom is 0.418 e. The topological polar surface area (TPSA) is 64.0 Å². The van der Waals surface area contributed by atoms with Crippen LogP contribution in [0, 0.1) is 0 Å². The first kappa shape index (κ1) is 15.7. The van der Waals surface area contributed by atoms with Gasteiger partial charge in [0.1, 0.15) is 6.04 Å². The molecular formula is C14H12F3N3O2. The summed E-state index contributed by atoms with van der Waals surface area (Å²) in [6, 6.07) is 6.19.